The highest BCUT2D eigenvalue weighted by atomic mass is 16.5. The number of hydrogen-bond donors (Lipinski definition) is 1. The number of hydrogen-bond acceptors (Lipinski definition) is 6. The summed E-state index contributed by atoms with van der Waals surface area (Å²) >= 11 is 0. The molecule has 0 aromatic rings. The summed E-state index contributed by atoms with van der Waals surface area (Å²) in [5, 5.41) is 9.99. The first-order chi connectivity index (χ1) is 10.1. The zero-order valence-corrected chi connectivity index (χ0v) is 14.1. The fourth-order valence-electron chi connectivity index (χ4n) is 3.36. The molecule has 1 rings (SSSR count). The fraction of sp³-hybridized carbons (Fsp3) is 0.750. The van der Waals surface area contributed by atoms with E-state index in [2.05, 4.69) is 37.3 Å². The predicted molar refractivity (Wildman–Crippen MR) is 82.2 cm³/mol. The SMILES string of the molecule is COC(=O)C=CC(=O)OCCN1C(C)(C)CC(O)CC1(C)C. The molecule has 1 aliphatic rings. The lowest BCUT2D eigenvalue weighted by Gasteiger charge is -2.54. The van der Waals surface area contributed by atoms with Crippen LogP contribution < -0.4 is 0 Å². The number of rotatable bonds is 5. The van der Waals surface area contributed by atoms with Gasteiger partial charge in [0.15, 0.2) is 0 Å². The quantitative estimate of drug-likeness (QED) is 0.608. The summed E-state index contributed by atoms with van der Waals surface area (Å²) < 4.78 is 9.51. The molecule has 0 aliphatic carbocycles. The lowest BCUT2D eigenvalue weighted by atomic mass is 9.78. The Kier molecular flexibility index (Phi) is 6.14. The van der Waals surface area contributed by atoms with Crippen LogP contribution in [0, 0.1) is 0 Å². The molecule has 0 aromatic carbocycles. The van der Waals surface area contributed by atoms with Gasteiger partial charge in [-0.2, -0.15) is 0 Å². The van der Waals surface area contributed by atoms with Crippen LogP contribution in [0.25, 0.3) is 0 Å². The molecule has 126 valence electrons. The fourth-order valence-corrected chi connectivity index (χ4v) is 3.36. The summed E-state index contributed by atoms with van der Waals surface area (Å²) in [4.78, 5) is 24.6. The van der Waals surface area contributed by atoms with Gasteiger partial charge in [0.05, 0.1) is 13.2 Å². The van der Waals surface area contributed by atoms with E-state index in [9.17, 15) is 14.7 Å². The molecule has 22 heavy (non-hydrogen) atoms. The van der Waals surface area contributed by atoms with E-state index in [0.717, 1.165) is 12.2 Å². The van der Waals surface area contributed by atoms with Gasteiger partial charge < -0.3 is 14.6 Å². The number of likely N-dealkylation sites (tertiary alicyclic amines) is 1. The van der Waals surface area contributed by atoms with E-state index in [-0.39, 0.29) is 23.8 Å². The minimum absolute atomic E-state index is 0.171. The average Bonchev–Trinajstić information content (AvgIpc) is 2.37. The van der Waals surface area contributed by atoms with Crippen molar-refractivity contribution in [2.45, 2.75) is 57.7 Å². The van der Waals surface area contributed by atoms with E-state index in [1.807, 2.05) is 0 Å². The molecule has 0 radical (unpaired) electrons. The van der Waals surface area contributed by atoms with Gasteiger partial charge in [-0.25, -0.2) is 9.59 Å². The summed E-state index contributed by atoms with van der Waals surface area (Å²) in [6.07, 6.45) is 3.15. The largest absolute Gasteiger partial charge is 0.466 e. The predicted octanol–water partition coefficient (Wildman–Crippen LogP) is 1.27. The molecular weight excluding hydrogens is 286 g/mol. The van der Waals surface area contributed by atoms with Gasteiger partial charge in [0.2, 0.25) is 0 Å². The third-order valence-corrected chi connectivity index (χ3v) is 4.05. The van der Waals surface area contributed by atoms with E-state index in [1.54, 1.807) is 0 Å². The van der Waals surface area contributed by atoms with E-state index in [0.29, 0.717) is 19.4 Å². The standard InChI is InChI=1S/C16H27NO5/c1-15(2)10-12(18)11-16(3,4)17(15)8-9-22-14(20)7-6-13(19)21-5/h6-7,12,18H,8-11H2,1-5H3. The molecular formula is C16H27NO5. The van der Waals surface area contributed by atoms with Gasteiger partial charge in [0, 0.05) is 29.8 Å². The van der Waals surface area contributed by atoms with Crippen molar-refractivity contribution in [3.63, 3.8) is 0 Å². The van der Waals surface area contributed by atoms with E-state index in [1.165, 1.54) is 7.11 Å². The van der Waals surface area contributed by atoms with Crippen LogP contribution in [0.15, 0.2) is 12.2 Å². The Bertz CT molecular complexity index is 424. The number of aliphatic hydroxyl groups is 1. The Hall–Kier alpha value is -1.40. The van der Waals surface area contributed by atoms with Crippen LogP contribution in [0.3, 0.4) is 0 Å². The molecule has 0 atom stereocenters. The second kappa shape index (κ2) is 7.24. The topological polar surface area (TPSA) is 76.1 Å². The molecule has 0 aromatic heterocycles. The summed E-state index contributed by atoms with van der Waals surface area (Å²) in [5.74, 6) is -1.16. The molecule has 1 fully saturated rings. The smallest absolute Gasteiger partial charge is 0.331 e. The van der Waals surface area contributed by atoms with Crippen molar-refractivity contribution < 1.29 is 24.2 Å². The molecule has 0 amide bonds. The highest BCUT2D eigenvalue weighted by Gasteiger charge is 2.44. The highest BCUT2D eigenvalue weighted by molar-refractivity contribution is 5.91. The lowest BCUT2D eigenvalue weighted by molar-refractivity contribution is -0.142. The summed E-state index contributed by atoms with van der Waals surface area (Å²) in [7, 11) is 1.24. The number of carbonyl (C=O) groups is 2. The summed E-state index contributed by atoms with van der Waals surface area (Å²) in [5.41, 5.74) is -0.342. The van der Waals surface area contributed by atoms with Gasteiger partial charge >= 0.3 is 11.9 Å². The second-order valence-corrected chi connectivity index (χ2v) is 6.86. The molecule has 1 aliphatic heterocycles. The van der Waals surface area contributed by atoms with Crippen molar-refractivity contribution in [2.75, 3.05) is 20.3 Å². The van der Waals surface area contributed by atoms with Crippen LogP contribution in [0.1, 0.15) is 40.5 Å². The van der Waals surface area contributed by atoms with Crippen LogP contribution in [0.5, 0.6) is 0 Å². The van der Waals surface area contributed by atoms with Crippen LogP contribution in [-0.4, -0.2) is 59.4 Å². The van der Waals surface area contributed by atoms with Gasteiger partial charge in [-0.3, -0.25) is 4.90 Å². The molecule has 0 spiro atoms. The maximum Gasteiger partial charge on any atom is 0.331 e. The number of carbonyl (C=O) groups excluding carboxylic acids is 2. The minimum Gasteiger partial charge on any atom is -0.466 e. The lowest BCUT2D eigenvalue weighted by Crippen LogP contribution is -2.62. The normalized spacial score (nSPS) is 21.7. The third kappa shape index (κ3) is 5.10. The molecule has 0 unspecified atom stereocenters. The maximum atomic E-state index is 11.5. The summed E-state index contributed by atoms with van der Waals surface area (Å²) in [6.45, 7) is 9.12. The van der Waals surface area contributed by atoms with Crippen molar-refractivity contribution in [1.82, 2.24) is 4.90 Å². The third-order valence-electron chi connectivity index (χ3n) is 4.05. The van der Waals surface area contributed by atoms with Crippen molar-refractivity contribution in [3.8, 4) is 0 Å². The molecule has 1 N–H and O–H groups in total. The number of piperidine rings is 1. The average molecular weight is 313 g/mol. The first-order valence-electron chi connectivity index (χ1n) is 7.47. The van der Waals surface area contributed by atoms with Crippen LogP contribution in [-0.2, 0) is 19.1 Å². The van der Waals surface area contributed by atoms with E-state index < -0.39 is 11.9 Å². The minimum atomic E-state index is -0.593. The van der Waals surface area contributed by atoms with Crippen molar-refractivity contribution >= 4 is 11.9 Å². The Balaban J connectivity index is 2.54. The zero-order valence-electron chi connectivity index (χ0n) is 14.1. The first-order valence-corrected chi connectivity index (χ1v) is 7.47. The van der Waals surface area contributed by atoms with Gasteiger partial charge in [-0.1, -0.05) is 0 Å². The Morgan fingerprint density at radius 3 is 2.14 bits per heavy atom. The number of esters is 2. The second-order valence-electron chi connectivity index (χ2n) is 6.86. The van der Waals surface area contributed by atoms with Crippen LogP contribution in [0.4, 0.5) is 0 Å². The number of aliphatic hydroxyl groups excluding tert-OH is 1. The van der Waals surface area contributed by atoms with Crippen LogP contribution >= 0.6 is 0 Å². The van der Waals surface area contributed by atoms with Crippen molar-refractivity contribution in [2.24, 2.45) is 0 Å². The maximum absolute atomic E-state index is 11.5. The van der Waals surface area contributed by atoms with Gasteiger partial charge in [0.1, 0.15) is 6.61 Å². The molecule has 1 saturated heterocycles. The molecule has 0 bridgehead atoms. The molecule has 6 nitrogen and oxygen atoms in total. The first kappa shape index (κ1) is 18.6. The van der Waals surface area contributed by atoms with Crippen molar-refractivity contribution in [1.29, 1.82) is 0 Å². The number of ether oxygens (including phenoxy) is 2. The highest BCUT2D eigenvalue weighted by Crippen LogP contribution is 2.37. The Morgan fingerprint density at radius 1 is 1.14 bits per heavy atom. The van der Waals surface area contributed by atoms with Gasteiger partial charge in [-0.05, 0) is 40.5 Å². The molecule has 1 heterocycles. The molecule has 0 saturated carbocycles. The van der Waals surface area contributed by atoms with Crippen molar-refractivity contribution in [3.05, 3.63) is 12.2 Å². The monoisotopic (exact) mass is 313 g/mol. The van der Waals surface area contributed by atoms with Crippen LogP contribution in [0.2, 0.25) is 0 Å². The van der Waals surface area contributed by atoms with Gasteiger partial charge in [0.25, 0.3) is 0 Å². The van der Waals surface area contributed by atoms with E-state index >= 15 is 0 Å². The number of nitrogens with zero attached hydrogens (tertiary/aromatic N) is 1. The Labute approximate surface area is 132 Å². The van der Waals surface area contributed by atoms with E-state index in [4.69, 9.17) is 4.74 Å². The summed E-state index contributed by atoms with van der Waals surface area (Å²) in [6, 6.07) is 0. The van der Waals surface area contributed by atoms with Gasteiger partial charge in [-0.15, -0.1) is 0 Å². The number of methoxy groups -OCH3 is 1. The Morgan fingerprint density at radius 2 is 1.64 bits per heavy atom. The zero-order chi connectivity index (χ0) is 17.0. The molecule has 6 heteroatoms.